The average molecular weight is 260 g/mol. The number of carbonyl (C=O) groups excluding carboxylic acids is 1. The molecule has 1 aliphatic rings. The van der Waals surface area contributed by atoms with Gasteiger partial charge in [0, 0.05) is 12.5 Å². The summed E-state index contributed by atoms with van der Waals surface area (Å²) in [6.07, 6.45) is 2.90. The van der Waals surface area contributed by atoms with Gasteiger partial charge in [-0.25, -0.2) is 0 Å². The van der Waals surface area contributed by atoms with Crippen LogP contribution in [0.5, 0.6) is 0 Å². The molecule has 0 atom stereocenters. The molecule has 0 unspecified atom stereocenters. The van der Waals surface area contributed by atoms with Gasteiger partial charge in [0.15, 0.2) is 5.78 Å². The number of nitrogens with zero attached hydrogens (tertiary/aromatic N) is 2. The third-order valence-electron chi connectivity index (χ3n) is 3.98. The zero-order chi connectivity index (χ0) is 13.7. The Morgan fingerprint density at radius 3 is 2.53 bits per heavy atom. The first kappa shape index (κ1) is 14.2. The Bertz CT molecular complexity index is 396. The number of Topliss-reactive ketones (excluding diaryl/α,β-unsaturated/α-hetero) is 1. The molecular weight excluding hydrogens is 236 g/mol. The lowest BCUT2D eigenvalue weighted by atomic mass is 10.0. The van der Waals surface area contributed by atoms with Crippen LogP contribution >= 0.6 is 0 Å². The van der Waals surface area contributed by atoms with E-state index in [4.69, 9.17) is 0 Å². The Morgan fingerprint density at radius 2 is 1.89 bits per heavy atom. The molecule has 1 heterocycles. The van der Waals surface area contributed by atoms with Gasteiger partial charge in [0.2, 0.25) is 0 Å². The van der Waals surface area contributed by atoms with Crippen LogP contribution in [-0.4, -0.2) is 55.4 Å². The van der Waals surface area contributed by atoms with Crippen LogP contribution in [0.25, 0.3) is 0 Å². The fraction of sp³-hybridized carbons (Fsp3) is 0.562. The van der Waals surface area contributed by atoms with Crippen molar-refractivity contribution in [2.75, 3.05) is 33.7 Å². The highest BCUT2D eigenvalue weighted by molar-refractivity contribution is 5.82. The van der Waals surface area contributed by atoms with Crippen molar-refractivity contribution in [3.8, 4) is 0 Å². The minimum Gasteiger partial charge on any atom is -0.306 e. The van der Waals surface area contributed by atoms with Crippen molar-refractivity contribution >= 4 is 5.78 Å². The van der Waals surface area contributed by atoms with Crippen LogP contribution in [0.15, 0.2) is 30.3 Å². The van der Waals surface area contributed by atoms with E-state index < -0.39 is 0 Å². The van der Waals surface area contributed by atoms with Crippen LogP contribution in [0.2, 0.25) is 0 Å². The van der Waals surface area contributed by atoms with Crippen molar-refractivity contribution in [2.24, 2.45) is 0 Å². The van der Waals surface area contributed by atoms with Crippen molar-refractivity contribution in [2.45, 2.75) is 25.3 Å². The summed E-state index contributed by atoms with van der Waals surface area (Å²) in [5, 5.41) is 0. The number of hydrogen-bond acceptors (Lipinski definition) is 3. The van der Waals surface area contributed by atoms with E-state index in [1.165, 1.54) is 12.8 Å². The molecule has 0 spiro atoms. The third kappa shape index (κ3) is 4.44. The molecule has 0 saturated carbocycles. The van der Waals surface area contributed by atoms with Crippen LogP contribution in [0.4, 0.5) is 0 Å². The minimum absolute atomic E-state index is 0.313. The Hall–Kier alpha value is -1.19. The largest absolute Gasteiger partial charge is 0.306 e. The molecule has 1 aromatic rings. The van der Waals surface area contributed by atoms with Crippen LogP contribution in [0, 0.1) is 0 Å². The van der Waals surface area contributed by atoms with Crippen molar-refractivity contribution in [3.63, 3.8) is 0 Å². The molecular formula is C16H24N2O. The molecule has 3 heteroatoms. The lowest BCUT2D eigenvalue weighted by molar-refractivity contribution is -0.119. The molecule has 3 nitrogen and oxygen atoms in total. The summed E-state index contributed by atoms with van der Waals surface area (Å²) in [7, 11) is 4.25. The molecule has 19 heavy (non-hydrogen) atoms. The van der Waals surface area contributed by atoms with E-state index in [2.05, 4.69) is 23.9 Å². The maximum Gasteiger partial charge on any atom is 0.151 e. The molecule has 1 aliphatic heterocycles. The molecule has 104 valence electrons. The van der Waals surface area contributed by atoms with Gasteiger partial charge in [-0.15, -0.1) is 0 Å². The van der Waals surface area contributed by atoms with Gasteiger partial charge >= 0.3 is 0 Å². The van der Waals surface area contributed by atoms with Gasteiger partial charge in [0.05, 0.1) is 6.54 Å². The number of likely N-dealkylation sites (N-methyl/N-ethyl adjacent to an activating group) is 1. The third-order valence-corrected chi connectivity index (χ3v) is 3.98. The predicted octanol–water partition coefficient (Wildman–Crippen LogP) is 1.82. The quantitative estimate of drug-likeness (QED) is 0.807. The van der Waals surface area contributed by atoms with E-state index in [0.717, 1.165) is 18.7 Å². The maximum atomic E-state index is 12.1. The van der Waals surface area contributed by atoms with E-state index in [1.54, 1.807) is 0 Å². The molecule has 0 radical (unpaired) electrons. The van der Waals surface area contributed by atoms with Gasteiger partial charge in [0.1, 0.15) is 0 Å². The van der Waals surface area contributed by atoms with Crippen LogP contribution in [0.1, 0.15) is 18.4 Å². The zero-order valence-corrected chi connectivity index (χ0v) is 12.0. The van der Waals surface area contributed by atoms with E-state index in [1.807, 2.05) is 30.3 Å². The number of ketones is 1. The van der Waals surface area contributed by atoms with Gasteiger partial charge in [0.25, 0.3) is 0 Å². The summed E-state index contributed by atoms with van der Waals surface area (Å²) in [6, 6.07) is 10.6. The van der Waals surface area contributed by atoms with E-state index in [0.29, 0.717) is 24.8 Å². The Labute approximate surface area is 116 Å². The zero-order valence-electron chi connectivity index (χ0n) is 12.0. The number of piperidine rings is 1. The normalized spacial score (nSPS) is 17.8. The highest BCUT2D eigenvalue weighted by Crippen LogP contribution is 2.14. The highest BCUT2D eigenvalue weighted by atomic mass is 16.1. The van der Waals surface area contributed by atoms with Crippen LogP contribution < -0.4 is 0 Å². The fourth-order valence-corrected chi connectivity index (χ4v) is 2.72. The van der Waals surface area contributed by atoms with Gasteiger partial charge in [-0.3, -0.25) is 9.69 Å². The van der Waals surface area contributed by atoms with Gasteiger partial charge in [-0.1, -0.05) is 30.3 Å². The SMILES string of the molecule is CN1CCC(N(C)CC(=O)Cc2ccccc2)CC1. The molecule has 0 N–H and O–H groups in total. The van der Waals surface area contributed by atoms with Gasteiger partial charge in [-0.2, -0.15) is 0 Å². The summed E-state index contributed by atoms with van der Waals surface area (Å²) < 4.78 is 0. The summed E-state index contributed by atoms with van der Waals surface area (Å²) in [4.78, 5) is 16.7. The predicted molar refractivity (Wildman–Crippen MR) is 78.3 cm³/mol. The molecule has 1 aromatic carbocycles. The standard InChI is InChI=1S/C16H24N2O/c1-17-10-8-15(9-11-17)18(2)13-16(19)12-14-6-4-3-5-7-14/h3-7,15H,8-13H2,1-2H3. The van der Waals surface area contributed by atoms with E-state index >= 15 is 0 Å². The molecule has 2 rings (SSSR count). The van der Waals surface area contributed by atoms with Crippen LogP contribution in [-0.2, 0) is 11.2 Å². The first-order valence-corrected chi connectivity index (χ1v) is 7.09. The van der Waals surface area contributed by atoms with Crippen molar-refractivity contribution in [1.82, 2.24) is 9.80 Å². The second-order valence-electron chi connectivity index (χ2n) is 5.65. The number of benzene rings is 1. The molecule has 0 amide bonds. The number of likely N-dealkylation sites (tertiary alicyclic amines) is 1. The second kappa shape index (κ2) is 6.83. The molecule has 0 bridgehead atoms. The molecule has 0 aromatic heterocycles. The van der Waals surface area contributed by atoms with Gasteiger partial charge < -0.3 is 4.90 Å². The first-order valence-electron chi connectivity index (χ1n) is 7.09. The number of carbonyl (C=O) groups is 1. The van der Waals surface area contributed by atoms with Gasteiger partial charge in [-0.05, 0) is 45.6 Å². The molecule has 1 saturated heterocycles. The molecule has 0 aliphatic carbocycles. The summed E-state index contributed by atoms with van der Waals surface area (Å²) in [5.74, 6) is 0.313. The Kier molecular flexibility index (Phi) is 5.11. The van der Waals surface area contributed by atoms with E-state index in [9.17, 15) is 4.79 Å². The fourth-order valence-electron chi connectivity index (χ4n) is 2.72. The average Bonchev–Trinajstić information content (AvgIpc) is 2.40. The summed E-state index contributed by atoms with van der Waals surface area (Å²) in [6.45, 7) is 2.85. The lowest BCUT2D eigenvalue weighted by Gasteiger charge is -2.34. The monoisotopic (exact) mass is 260 g/mol. The van der Waals surface area contributed by atoms with Crippen LogP contribution in [0.3, 0.4) is 0 Å². The lowest BCUT2D eigenvalue weighted by Crippen LogP contribution is -2.43. The number of rotatable bonds is 5. The van der Waals surface area contributed by atoms with Crippen molar-refractivity contribution in [1.29, 1.82) is 0 Å². The topological polar surface area (TPSA) is 23.6 Å². The summed E-state index contributed by atoms with van der Waals surface area (Å²) in [5.41, 5.74) is 1.12. The first-order chi connectivity index (χ1) is 9.15. The second-order valence-corrected chi connectivity index (χ2v) is 5.65. The minimum atomic E-state index is 0.313. The van der Waals surface area contributed by atoms with Crippen molar-refractivity contribution in [3.05, 3.63) is 35.9 Å². The maximum absolute atomic E-state index is 12.1. The van der Waals surface area contributed by atoms with E-state index in [-0.39, 0.29) is 0 Å². The van der Waals surface area contributed by atoms with Crippen molar-refractivity contribution < 1.29 is 4.79 Å². The highest BCUT2D eigenvalue weighted by Gasteiger charge is 2.21. The summed E-state index contributed by atoms with van der Waals surface area (Å²) >= 11 is 0. The Balaban J connectivity index is 1.78. The molecule has 1 fully saturated rings. The smallest absolute Gasteiger partial charge is 0.151 e. The number of hydrogen-bond donors (Lipinski definition) is 0. The Morgan fingerprint density at radius 1 is 1.26 bits per heavy atom.